The van der Waals surface area contributed by atoms with Gasteiger partial charge >= 0.3 is 0 Å². The van der Waals surface area contributed by atoms with Crippen LogP contribution in [0.15, 0.2) is 54.7 Å². The standard InChI is InChI=1S/C11H9N/c1-2-6-10(7-3-1)11-8-4-5-9-12-11/h1-9H/i6D,7D,9D. The molecule has 0 spiro atoms. The Morgan fingerprint density at radius 3 is 2.58 bits per heavy atom. The van der Waals surface area contributed by atoms with E-state index in [1.165, 1.54) is 0 Å². The lowest BCUT2D eigenvalue weighted by Gasteiger charge is -1.97. The molecule has 1 nitrogen and oxygen atoms in total. The van der Waals surface area contributed by atoms with Gasteiger partial charge in [-0.1, -0.05) is 36.4 Å². The zero-order chi connectivity index (χ0) is 10.8. The Balaban J connectivity index is 2.63. The Morgan fingerprint density at radius 1 is 1.00 bits per heavy atom. The van der Waals surface area contributed by atoms with Crippen LogP contribution in [0.4, 0.5) is 0 Å². The first kappa shape index (κ1) is 4.41. The number of hydrogen-bond donors (Lipinski definition) is 0. The first-order chi connectivity index (χ1) is 7.18. The zero-order valence-electron chi connectivity index (χ0n) is 9.41. The van der Waals surface area contributed by atoms with Crippen molar-refractivity contribution in [2.75, 3.05) is 0 Å². The third-order valence-electron chi connectivity index (χ3n) is 1.51. The number of benzene rings is 1. The average Bonchev–Trinajstić information content (AvgIpc) is 2.17. The summed E-state index contributed by atoms with van der Waals surface area (Å²) in [4.78, 5) is 3.99. The molecule has 1 heteroatoms. The first-order valence-electron chi connectivity index (χ1n) is 5.19. The molecule has 0 fully saturated rings. The summed E-state index contributed by atoms with van der Waals surface area (Å²) in [5.41, 5.74) is 0.990. The fraction of sp³-hybridized carbons (Fsp3) is 0. The van der Waals surface area contributed by atoms with Crippen LogP contribution in [0, 0.1) is 0 Å². The highest BCUT2D eigenvalue weighted by atomic mass is 14.7. The second-order valence-corrected chi connectivity index (χ2v) is 2.34. The second kappa shape index (κ2) is 3.18. The summed E-state index contributed by atoms with van der Waals surface area (Å²) in [5.74, 6) is 0. The van der Waals surface area contributed by atoms with Crippen molar-refractivity contribution < 1.29 is 4.11 Å². The van der Waals surface area contributed by atoms with Gasteiger partial charge in [0.05, 0.1) is 9.81 Å². The Bertz CT molecular complexity index is 477. The van der Waals surface area contributed by atoms with E-state index in [0.29, 0.717) is 11.3 Å². The van der Waals surface area contributed by atoms with Crippen LogP contribution in [0.25, 0.3) is 11.3 Å². The van der Waals surface area contributed by atoms with Gasteiger partial charge in [0.2, 0.25) is 0 Å². The summed E-state index contributed by atoms with van der Waals surface area (Å²) >= 11 is 0. The predicted octanol–water partition coefficient (Wildman–Crippen LogP) is 2.75. The van der Waals surface area contributed by atoms with E-state index in [0.717, 1.165) is 0 Å². The SMILES string of the molecule is [2H]c1cccc(-c2c([2H])cccc2[2H])n1. The molecule has 0 aliphatic rings. The summed E-state index contributed by atoms with van der Waals surface area (Å²) in [5, 5.41) is 0. The molecule has 1 heterocycles. The number of nitrogens with zero attached hydrogens (tertiary/aromatic N) is 1. The summed E-state index contributed by atoms with van der Waals surface area (Å²) in [7, 11) is 0. The second-order valence-electron chi connectivity index (χ2n) is 2.34. The van der Waals surface area contributed by atoms with E-state index in [1.807, 2.05) is 0 Å². The van der Waals surface area contributed by atoms with Crippen LogP contribution < -0.4 is 0 Å². The highest BCUT2D eigenvalue weighted by Crippen LogP contribution is 2.14. The molecular weight excluding hydrogens is 146 g/mol. The van der Waals surface area contributed by atoms with Gasteiger partial charge in [-0.25, -0.2) is 0 Å². The maximum Gasteiger partial charge on any atom is 0.0840 e. The first-order valence-corrected chi connectivity index (χ1v) is 3.69. The number of pyridine rings is 1. The maximum atomic E-state index is 7.70. The van der Waals surface area contributed by atoms with Gasteiger partial charge in [-0.2, -0.15) is 0 Å². The Labute approximate surface area is 75.9 Å². The van der Waals surface area contributed by atoms with E-state index >= 15 is 0 Å². The van der Waals surface area contributed by atoms with Gasteiger partial charge in [0.25, 0.3) is 0 Å². The van der Waals surface area contributed by atoms with E-state index in [-0.39, 0.29) is 18.3 Å². The molecule has 2 rings (SSSR count). The molecule has 0 saturated heterocycles. The quantitative estimate of drug-likeness (QED) is 0.621. The average molecular weight is 158 g/mol. The van der Waals surface area contributed by atoms with Gasteiger partial charge in [0.1, 0.15) is 0 Å². The maximum absolute atomic E-state index is 7.70. The van der Waals surface area contributed by atoms with Crippen LogP contribution in [0.1, 0.15) is 4.11 Å². The molecule has 2 aromatic rings. The number of rotatable bonds is 1. The van der Waals surface area contributed by atoms with E-state index in [9.17, 15) is 0 Å². The Kier molecular flexibility index (Phi) is 1.17. The normalized spacial score (nSPS) is 13.2. The third kappa shape index (κ3) is 1.35. The highest BCUT2D eigenvalue weighted by molar-refractivity contribution is 5.58. The van der Waals surface area contributed by atoms with Crippen molar-refractivity contribution in [2.45, 2.75) is 0 Å². The lowest BCUT2D eigenvalue weighted by molar-refractivity contribution is 1.33. The van der Waals surface area contributed by atoms with Crippen molar-refractivity contribution in [1.29, 1.82) is 0 Å². The van der Waals surface area contributed by atoms with Gasteiger partial charge in [-0.05, 0) is 12.1 Å². The third-order valence-corrected chi connectivity index (χ3v) is 1.51. The fourth-order valence-corrected chi connectivity index (χ4v) is 0.966. The molecule has 0 unspecified atom stereocenters. The van der Waals surface area contributed by atoms with Crippen LogP contribution in [-0.4, -0.2) is 4.98 Å². The lowest BCUT2D eigenvalue weighted by atomic mass is 10.1. The smallest absolute Gasteiger partial charge is 0.0840 e. The zero-order valence-corrected chi connectivity index (χ0v) is 6.41. The Morgan fingerprint density at radius 2 is 1.83 bits per heavy atom. The largest absolute Gasteiger partial charge is 0.256 e. The van der Waals surface area contributed by atoms with Crippen LogP contribution in [0.2, 0.25) is 0 Å². The van der Waals surface area contributed by atoms with Gasteiger partial charge in [-0.15, -0.1) is 0 Å². The predicted molar refractivity (Wildman–Crippen MR) is 49.7 cm³/mol. The molecule has 12 heavy (non-hydrogen) atoms. The molecule has 0 bridgehead atoms. The molecule has 0 amide bonds. The molecule has 58 valence electrons. The molecular formula is C11H9N. The Hall–Kier alpha value is -1.63. The van der Waals surface area contributed by atoms with Crippen LogP contribution >= 0.6 is 0 Å². The monoisotopic (exact) mass is 158 g/mol. The van der Waals surface area contributed by atoms with Crippen LogP contribution in [0.5, 0.6) is 0 Å². The fourth-order valence-electron chi connectivity index (χ4n) is 0.966. The molecule has 0 atom stereocenters. The van der Waals surface area contributed by atoms with Crippen molar-refractivity contribution in [3.05, 3.63) is 54.7 Å². The minimum absolute atomic E-state index is 0.148. The van der Waals surface area contributed by atoms with Gasteiger partial charge in [0, 0.05) is 11.7 Å². The molecule has 0 aliphatic carbocycles. The number of aromatic nitrogens is 1. The summed E-state index contributed by atoms with van der Waals surface area (Å²) in [6, 6.07) is 10.4. The molecule has 0 aliphatic heterocycles. The lowest BCUT2D eigenvalue weighted by Crippen LogP contribution is -1.79. The van der Waals surface area contributed by atoms with Gasteiger partial charge < -0.3 is 0 Å². The van der Waals surface area contributed by atoms with E-state index in [2.05, 4.69) is 4.98 Å². The molecule has 0 radical (unpaired) electrons. The van der Waals surface area contributed by atoms with E-state index < -0.39 is 0 Å². The molecule has 0 N–H and O–H groups in total. The van der Waals surface area contributed by atoms with Crippen molar-refractivity contribution in [3.8, 4) is 11.3 Å². The van der Waals surface area contributed by atoms with Gasteiger partial charge in [0.15, 0.2) is 0 Å². The van der Waals surface area contributed by atoms with Crippen molar-refractivity contribution >= 4 is 0 Å². The summed E-state index contributed by atoms with van der Waals surface area (Å²) in [6.45, 7) is 0. The van der Waals surface area contributed by atoms with E-state index in [1.54, 1.807) is 36.4 Å². The van der Waals surface area contributed by atoms with Crippen molar-refractivity contribution in [2.24, 2.45) is 0 Å². The summed E-state index contributed by atoms with van der Waals surface area (Å²) in [6.07, 6.45) is 0.148. The minimum Gasteiger partial charge on any atom is -0.256 e. The molecule has 1 aromatic carbocycles. The van der Waals surface area contributed by atoms with Crippen molar-refractivity contribution in [3.63, 3.8) is 0 Å². The minimum atomic E-state index is 0.148. The topological polar surface area (TPSA) is 12.9 Å². The van der Waals surface area contributed by atoms with Crippen LogP contribution in [0.3, 0.4) is 0 Å². The van der Waals surface area contributed by atoms with Crippen molar-refractivity contribution in [1.82, 2.24) is 4.98 Å². The van der Waals surface area contributed by atoms with Crippen LogP contribution in [-0.2, 0) is 0 Å². The highest BCUT2D eigenvalue weighted by Gasteiger charge is 1.93. The summed E-state index contributed by atoms with van der Waals surface area (Å²) < 4.78 is 22.8. The molecule has 1 aromatic heterocycles. The number of hydrogen-bond acceptors (Lipinski definition) is 1. The molecule has 0 saturated carbocycles. The van der Waals surface area contributed by atoms with E-state index in [4.69, 9.17) is 4.11 Å². The van der Waals surface area contributed by atoms with Gasteiger partial charge in [-0.3, -0.25) is 4.98 Å².